The van der Waals surface area contributed by atoms with Crippen molar-refractivity contribution in [3.8, 4) is 0 Å². The highest BCUT2D eigenvalue weighted by atomic mass is 16.2. The molecule has 2 aromatic carbocycles. The van der Waals surface area contributed by atoms with E-state index in [0.29, 0.717) is 0 Å². The lowest BCUT2D eigenvalue weighted by Crippen LogP contribution is -2.37. The van der Waals surface area contributed by atoms with Gasteiger partial charge in [-0.15, -0.1) is 0 Å². The summed E-state index contributed by atoms with van der Waals surface area (Å²) in [7, 11) is 0. The Morgan fingerprint density at radius 2 is 1.90 bits per heavy atom. The third-order valence-electron chi connectivity index (χ3n) is 3.77. The summed E-state index contributed by atoms with van der Waals surface area (Å²) in [6.45, 7) is 2.00. The number of hydrogen-bond acceptors (Lipinski definition) is 2. The Hall–Kier alpha value is -2.29. The lowest BCUT2D eigenvalue weighted by Gasteiger charge is -2.26. The van der Waals surface area contributed by atoms with E-state index in [0.717, 1.165) is 29.8 Å². The molecular weight excluding hydrogens is 248 g/mol. The zero-order chi connectivity index (χ0) is 13.9. The molecule has 2 N–H and O–H groups in total. The standard InChI is InChI=1S/C17H18N2O/c1-12-6-2-4-8-14(12)19-17(20)16-11-10-13-7-3-5-9-15(13)18-16/h2-9,16,18H,10-11H2,1H3,(H,19,20)/t16-/m1/s1. The summed E-state index contributed by atoms with van der Waals surface area (Å²) in [6.07, 6.45) is 1.77. The second-order valence-electron chi connectivity index (χ2n) is 5.20. The van der Waals surface area contributed by atoms with Crippen LogP contribution in [0.2, 0.25) is 0 Å². The Morgan fingerprint density at radius 1 is 1.15 bits per heavy atom. The van der Waals surface area contributed by atoms with Gasteiger partial charge in [0.2, 0.25) is 5.91 Å². The lowest BCUT2D eigenvalue weighted by molar-refractivity contribution is -0.117. The van der Waals surface area contributed by atoms with E-state index in [1.54, 1.807) is 0 Å². The van der Waals surface area contributed by atoms with Crippen molar-refractivity contribution in [3.05, 3.63) is 59.7 Å². The second-order valence-corrected chi connectivity index (χ2v) is 5.20. The Labute approximate surface area is 119 Å². The van der Waals surface area contributed by atoms with Gasteiger partial charge in [0.1, 0.15) is 6.04 Å². The summed E-state index contributed by atoms with van der Waals surface area (Å²) >= 11 is 0. The number of amides is 1. The van der Waals surface area contributed by atoms with Crippen molar-refractivity contribution >= 4 is 17.3 Å². The fourth-order valence-electron chi connectivity index (χ4n) is 2.57. The Balaban J connectivity index is 1.72. The number of carbonyl (C=O) groups is 1. The molecule has 1 aliphatic heterocycles. The third kappa shape index (κ3) is 2.52. The van der Waals surface area contributed by atoms with Gasteiger partial charge in [0.05, 0.1) is 0 Å². The zero-order valence-electron chi connectivity index (χ0n) is 11.5. The first-order valence-electron chi connectivity index (χ1n) is 6.95. The molecular formula is C17H18N2O. The van der Waals surface area contributed by atoms with Crippen molar-refractivity contribution in [2.24, 2.45) is 0 Å². The number of fused-ring (bicyclic) bond motifs is 1. The Morgan fingerprint density at radius 3 is 2.75 bits per heavy atom. The Kier molecular flexibility index (Phi) is 3.42. The smallest absolute Gasteiger partial charge is 0.246 e. The van der Waals surface area contributed by atoms with E-state index in [9.17, 15) is 4.79 Å². The molecule has 3 rings (SSSR count). The van der Waals surface area contributed by atoms with Crippen LogP contribution in [-0.4, -0.2) is 11.9 Å². The van der Waals surface area contributed by atoms with Crippen molar-refractivity contribution in [1.29, 1.82) is 0 Å². The summed E-state index contributed by atoms with van der Waals surface area (Å²) in [5.41, 5.74) is 4.33. The monoisotopic (exact) mass is 266 g/mol. The van der Waals surface area contributed by atoms with Crippen LogP contribution in [0.1, 0.15) is 17.5 Å². The molecule has 0 bridgehead atoms. The predicted octanol–water partition coefficient (Wildman–Crippen LogP) is 3.36. The van der Waals surface area contributed by atoms with Crippen LogP contribution in [-0.2, 0) is 11.2 Å². The van der Waals surface area contributed by atoms with E-state index in [1.807, 2.05) is 49.4 Å². The van der Waals surface area contributed by atoms with Crippen LogP contribution in [0.4, 0.5) is 11.4 Å². The highest BCUT2D eigenvalue weighted by molar-refractivity contribution is 5.97. The fourth-order valence-corrected chi connectivity index (χ4v) is 2.57. The first-order chi connectivity index (χ1) is 9.74. The highest BCUT2D eigenvalue weighted by Gasteiger charge is 2.23. The number of rotatable bonds is 2. The van der Waals surface area contributed by atoms with Crippen molar-refractivity contribution in [2.45, 2.75) is 25.8 Å². The molecule has 1 atom stereocenters. The number of carbonyl (C=O) groups excluding carboxylic acids is 1. The van der Waals surface area contributed by atoms with Gasteiger partial charge >= 0.3 is 0 Å². The molecule has 1 amide bonds. The average molecular weight is 266 g/mol. The van der Waals surface area contributed by atoms with Crippen LogP contribution in [0.3, 0.4) is 0 Å². The van der Waals surface area contributed by atoms with E-state index in [-0.39, 0.29) is 11.9 Å². The Bertz CT molecular complexity index is 636. The third-order valence-corrected chi connectivity index (χ3v) is 3.77. The van der Waals surface area contributed by atoms with Gasteiger partial charge in [0, 0.05) is 11.4 Å². The van der Waals surface area contributed by atoms with Crippen LogP contribution in [0, 0.1) is 6.92 Å². The van der Waals surface area contributed by atoms with Gasteiger partial charge < -0.3 is 10.6 Å². The molecule has 0 spiro atoms. The van der Waals surface area contributed by atoms with E-state index in [2.05, 4.69) is 16.7 Å². The summed E-state index contributed by atoms with van der Waals surface area (Å²) < 4.78 is 0. The molecule has 0 aromatic heterocycles. The normalized spacial score (nSPS) is 16.9. The minimum Gasteiger partial charge on any atom is -0.373 e. The number of para-hydroxylation sites is 2. The van der Waals surface area contributed by atoms with Crippen LogP contribution in [0.15, 0.2) is 48.5 Å². The first-order valence-corrected chi connectivity index (χ1v) is 6.95. The van der Waals surface area contributed by atoms with Crippen LogP contribution in [0.25, 0.3) is 0 Å². The molecule has 0 fully saturated rings. The van der Waals surface area contributed by atoms with Crippen LogP contribution >= 0.6 is 0 Å². The summed E-state index contributed by atoms with van der Waals surface area (Å²) in [5.74, 6) is 0.0359. The minimum atomic E-state index is -0.162. The topological polar surface area (TPSA) is 41.1 Å². The number of nitrogens with one attached hydrogen (secondary N) is 2. The average Bonchev–Trinajstić information content (AvgIpc) is 2.49. The zero-order valence-corrected chi connectivity index (χ0v) is 11.5. The minimum absolute atomic E-state index is 0.0359. The van der Waals surface area contributed by atoms with E-state index >= 15 is 0 Å². The SMILES string of the molecule is Cc1ccccc1NC(=O)[C@H]1CCc2ccccc2N1. The van der Waals surface area contributed by atoms with Crippen LogP contribution in [0.5, 0.6) is 0 Å². The number of anilines is 2. The fraction of sp³-hybridized carbons (Fsp3) is 0.235. The van der Waals surface area contributed by atoms with Crippen LogP contribution < -0.4 is 10.6 Å². The number of benzene rings is 2. The van der Waals surface area contributed by atoms with E-state index in [1.165, 1.54) is 5.56 Å². The molecule has 0 saturated carbocycles. The van der Waals surface area contributed by atoms with Gasteiger partial charge in [0.25, 0.3) is 0 Å². The second kappa shape index (κ2) is 5.37. The molecule has 3 nitrogen and oxygen atoms in total. The lowest BCUT2D eigenvalue weighted by atomic mass is 9.97. The van der Waals surface area contributed by atoms with Crippen molar-refractivity contribution < 1.29 is 4.79 Å². The maximum atomic E-state index is 12.4. The van der Waals surface area contributed by atoms with Crippen molar-refractivity contribution in [2.75, 3.05) is 10.6 Å². The summed E-state index contributed by atoms with van der Waals surface area (Å²) in [6, 6.07) is 15.8. The molecule has 0 aliphatic carbocycles. The largest absolute Gasteiger partial charge is 0.373 e. The first kappa shape index (κ1) is 12.7. The van der Waals surface area contributed by atoms with Gasteiger partial charge in [0.15, 0.2) is 0 Å². The van der Waals surface area contributed by atoms with Crippen molar-refractivity contribution in [3.63, 3.8) is 0 Å². The van der Waals surface area contributed by atoms with E-state index < -0.39 is 0 Å². The van der Waals surface area contributed by atoms with Gasteiger partial charge in [-0.1, -0.05) is 36.4 Å². The molecule has 102 valence electrons. The quantitative estimate of drug-likeness (QED) is 0.875. The van der Waals surface area contributed by atoms with Gasteiger partial charge in [-0.2, -0.15) is 0 Å². The number of hydrogen-bond donors (Lipinski definition) is 2. The molecule has 2 aromatic rings. The highest BCUT2D eigenvalue weighted by Crippen LogP contribution is 2.25. The molecule has 1 heterocycles. The van der Waals surface area contributed by atoms with Gasteiger partial charge in [-0.3, -0.25) is 4.79 Å². The maximum Gasteiger partial charge on any atom is 0.246 e. The molecule has 3 heteroatoms. The summed E-state index contributed by atoms with van der Waals surface area (Å²) in [5, 5.41) is 6.33. The summed E-state index contributed by atoms with van der Waals surface area (Å²) in [4.78, 5) is 12.4. The molecule has 20 heavy (non-hydrogen) atoms. The maximum absolute atomic E-state index is 12.4. The van der Waals surface area contributed by atoms with Crippen molar-refractivity contribution in [1.82, 2.24) is 0 Å². The molecule has 1 aliphatic rings. The number of aryl methyl sites for hydroxylation is 2. The predicted molar refractivity (Wildman–Crippen MR) is 82.0 cm³/mol. The molecule has 0 unspecified atom stereocenters. The molecule has 0 radical (unpaired) electrons. The molecule has 0 saturated heterocycles. The van der Waals surface area contributed by atoms with Gasteiger partial charge in [-0.25, -0.2) is 0 Å². The van der Waals surface area contributed by atoms with E-state index in [4.69, 9.17) is 0 Å². The van der Waals surface area contributed by atoms with Gasteiger partial charge in [-0.05, 0) is 43.0 Å².